The van der Waals surface area contributed by atoms with E-state index in [1.54, 1.807) is 0 Å². The first kappa shape index (κ1) is 13.9. The van der Waals surface area contributed by atoms with Gasteiger partial charge in [-0.3, -0.25) is 9.69 Å². The maximum absolute atomic E-state index is 11.7. The molecule has 1 fully saturated rings. The van der Waals surface area contributed by atoms with Crippen LogP contribution in [0.1, 0.15) is 25.3 Å². The van der Waals surface area contributed by atoms with E-state index in [9.17, 15) is 4.79 Å². The summed E-state index contributed by atoms with van der Waals surface area (Å²) in [6, 6.07) is 8.10. The topological polar surface area (TPSA) is 58.4 Å². The highest BCUT2D eigenvalue weighted by molar-refractivity contribution is 5.82. The number of nitrogens with one attached hydrogen (secondary N) is 1. The molecule has 0 radical (unpaired) electrons. The Morgan fingerprint density at radius 2 is 2.11 bits per heavy atom. The van der Waals surface area contributed by atoms with E-state index >= 15 is 0 Å². The average molecular weight is 261 g/mol. The molecule has 1 unspecified atom stereocenters. The fourth-order valence-corrected chi connectivity index (χ4v) is 2.64. The number of carbonyl (C=O) groups is 1. The molecule has 19 heavy (non-hydrogen) atoms. The zero-order valence-corrected chi connectivity index (χ0v) is 11.6. The molecule has 0 bridgehead atoms. The van der Waals surface area contributed by atoms with Gasteiger partial charge < -0.3 is 11.1 Å². The number of aryl methyl sites for hydroxylation is 1. The molecule has 2 rings (SSSR count). The molecule has 1 amide bonds. The second-order valence-corrected chi connectivity index (χ2v) is 5.10. The number of nitrogens with zero attached hydrogens (tertiary/aromatic N) is 1. The smallest absolute Gasteiger partial charge is 0.237 e. The van der Waals surface area contributed by atoms with Gasteiger partial charge in [0.15, 0.2) is 0 Å². The van der Waals surface area contributed by atoms with Crippen LogP contribution in [0.2, 0.25) is 0 Å². The van der Waals surface area contributed by atoms with Crippen LogP contribution in [-0.4, -0.2) is 36.5 Å². The minimum absolute atomic E-state index is 0.0557. The van der Waals surface area contributed by atoms with E-state index in [4.69, 9.17) is 5.73 Å². The highest BCUT2D eigenvalue weighted by Crippen LogP contribution is 2.12. The van der Waals surface area contributed by atoms with Crippen molar-refractivity contribution < 1.29 is 4.79 Å². The van der Waals surface area contributed by atoms with E-state index in [0.29, 0.717) is 0 Å². The third kappa shape index (κ3) is 3.70. The Hall–Kier alpha value is -1.55. The van der Waals surface area contributed by atoms with Crippen LogP contribution in [0.25, 0.3) is 0 Å². The first-order valence-electron chi connectivity index (χ1n) is 7.07. The Bertz CT molecular complexity index is 416. The number of piperazine rings is 1. The van der Waals surface area contributed by atoms with E-state index < -0.39 is 0 Å². The predicted octanol–water partition coefficient (Wildman–Crippen LogP) is 1.41. The molecule has 1 aliphatic rings. The van der Waals surface area contributed by atoms with Crippen LogP contribution in [0, 0.1) is 0 Å². The lowest BCUT2D eigenvalue weighted by atomic mass is 10.1. The molecular weight excluding hydrogens is 238 g/mol. The summed E-state index contributed by atoms with van der Waals surface area (Å²) in [6.07, 6.45) is 3.00. The largest absolute Gasteiger partial charge is 0.399 e. The van der Waals surface area contributed by atoms with E-state index in [-0.39, 0.29) is 11.9 Å². The Morgan fingerprint density at radius 3 is 2.79 bits per heavy atom. The summed E-state index contributed by atoms with van der Waals surface area (Å²) in [5.41, 5.74) is 7.79. The molecule has 0 aromatic heterocycles. The van der Waals surface area contributed by atoms with Crippen molar-refractivity contribution in [2.75, 3.05) is 25.4 Å². The lowest BCUT2D eigenvalue weighted by Gasteiger charge is -2.34. The minimum atomic E-state index is 0.0557. The van der Waals surface area contributed by atoms with Gasteiger partial charge in [0.2, 0.25) is 5.91 Å². The van der Waals surface area contributed by atoms with Gasteiger partial charge in [0.05, 0.1) is 6.04 Å². The average Bonchev–Trinajstić information content (AvgIpc) is 2.41. The summed E-state index contributed by atoms with van der Waals surface area (Å²) in [5, 5.41) is 2.93. The van der Waals surface area contributed by atoms with E-state index in [1.165, 1.54) is 5.56 Å². The van der Waals surface area contributed by atoms with Crippen LogP contribution in [0.3, 0.4) is 0 Å². The van der Waals surface area contributed by atoms with Crippen LogP contribution in [0.15, 0.2) is 24.3 Å². The number of nitrogens with two attached hydrogens (primary N) is 1. The third-order valence-electron chi connectivity index (χ3n) is 3.72. The summed E-state index contributed by atoms with van der Waals surface area (Å²) in [4.78, 5) is 14.0. The number of nitrogen functional groups attached to an aromatic ring is 1. The van der Waals surface area contributed by atoms with Crippen LogP contribution < -0.4 is 11.1 Å². The maximum Gasteiger partial charge on any atom is 0.237 e. The van der Waals surface area contributed by atoms with E-state index in [0.717, 1.165) is 44.6 Å². The molecular formula is C15H23N3O. The number of benzene rings is 1. The van der Waals surface area contributed by atoms with Gasteiger partial charge in [0.25, 0.3) is 0 Å². The Morgan fingerprint density at radius 1 is 1.37 bits per heavy atom. The zero-order chi connectivity index (χ0) is 13.7. The van der Waals surface area contributed by atoms with Crippen molar-refractivity contribution in [3.63, 3.8) is 0 Å². The second-order valence-electron chi connectivity index (χ2n) is 5.10. The fourth-order valence-electron chi connectivity index (χ4n) is 2.64. The van der Waals surface area contributed by atoms with Gasteiger partial charge in [0, 0.05) is 18.8 Å². The van der Waals surface area contributed by atoms with Crippen LogP contribution >= 0.6 is 0 Å². The van der Waals surface area contributed by atoms with Crippen LogP contribution in [0.4, 0.5) is 5.69 Å². The van der Waals surface area contributed by atoms with Gasteiger partial charge in [0.1, 0.15) is 0 Å². The van der Waals surface area contributed by atoms with Crippen molar-refractivity contribution in [3.05, 3.63) is 29.8 Å². The Labute approximate surface area is 115 Å². The van der Waals surface area contributed by atoms with E-state index in [1.807, 2.05) is 12.1 Å². The summed E-state index contributed by atoms with van der Waals surface area (Å²) in [7, 11) is 0. The standard InChI is InChI=1S/C15H23N3O/c1-2-14-15(19)17-9-11-18(14)10-3-4-12-5-7-13(16)8-6-12/h5-8,14H,2-4,9-11,16H2,1H3,(H,17,19). The highest BCUT2D eigenvalue weighted by atomic mass is 16.2. The lowest BCUT2D eigenvalue weighted by molar-refractivity contribution is -0.129. The van der Waals surface area contributed by atoms with Crippen LogP contribution in [-0.2, 0) is 11.2 Å². The van der Waals surface area contributed by atoms with Gasteiger partial charge in [-0.25, -0.2) is 0 Å². The molecule has 1 aromatic carbocycles. The maximum atomic E-state index is 11.7. The SMILES string of the molecule is CCC1C(=O)NCCN1CCCc1ccc(N)cc1. The monoisotopic (exact) mass is 261 g/mol. The van der Waals surface area contributed by atoms with Crippen molar-refractivity contribution in [2.45, 2.75) is 32.2 Å². The summed E-state index contributed by atoms with van der Waals surface area (Å²) >= 11 is 0. The van der Waals surface area contributed by atoms with E-state index in [2.05, 4.69) is 29.3 Å². The number of amides is 1. The Balaban J connectivity index is 1.81. The molecule has 3 N–H and O–H groups in total. The normalized spacial score (nSPS) is 20.3. The zero-order valence-electron chi connectivity index (χ0n) is 11.6. The predicted molar refractivity (Wildman–Crippen MR) is 77.8 cm³/mol. The first-order chi connectivity index (χ1) is 9.20. The van der Waals surface area contributed by atoms with Crippen molar-refractivity contribution in [2.24, 2.45) is 0 Å². The summed E-state index contributed by atoms with van der Waals surface area (Å²) < 4.78 is 0. The van der Waals surface area contributed by atoms with Gasteiger partial charge in [-0.15, -0.1) is 0 Å². The molecule has 4 nitrogen and oxygen atoms in total. The minimum Gasteiger partial charge on any atom is -0.399 e. The lowest BCUT2D eigenvalue weighted by Crippen LogP contribution is -2.55. The van der Waals surface area contributed by atoms with Crippen molar-refractivity contribution in [1.29, 1.82) is 0 Å². The summed E-state index contributed by atoms with van der Waals surface area (Å²) in [5.74, 6) is 0.182. The number of hydrogen-bond donors (Lipinski definition) is 2. The molecule has 1 aromatic rings. The fraction of sp³-hybridized carbons (Fsp3) is 0.533. The highest BCUT2D eigenvalue weighted by Gasteiger charge is 2.27. The Kier molecular flexibility index (Phi) is 4.80. The second kappa shape index (κ2) is 6.57. The third-order valence-corrected chi connectivity index (χ3v) is 3.72. The first-order valence-corrected chi connectivity index (χ1v) is 7.07. The van der Waals surface area contributed by atoms with Crippen LogP contribution in [0.5, 0.6) is 0 Å². The molecule has 1 heterocycles. The van der Waals surface area contributed by atoms with Gasteiger partial charge in [-0.1, -0.05) is 19.1 Å². The molecule has 0 spiro atoms. The molecule has 0 saturated carbocycles. The van der Waals surface area contributed by atoms with Crippen molar-refractivity contribution >= 4 is 11.6 Å². The molecule has 1 saturated heterocycles. The van der Waals surface area contributed by atoms with Crippen molar-refractivity contribution in [3.8, 4) is 0 Å². The number of anilines is 1. The van der Waals surface area contributed by atoms with Gasteiger partial charge in [-0.05, 0) is 43.5 Å². The number of carbonyl (C=O) groups excluding carboxylic acids is 1. The van der Waals surface area contributed by atoms with Gasteiger partial charge in [-0.2, -0.15) is 0 Å². The molecule has 1 atom stereocenters. The van der Waals surface area contributed by atoms with Gasteiger partial charge >= 0.3 is 0 Å². The molecule has 1 aliphatic heterocycles. The summed E-state index contributed by atoms with van der Waals surface area (Å²) in [6.45, 7) is 4.79. The number of rotatable bonds is 5. The molecule has 0 aliphatic carbocycles. The molecule has 104 valence electrons. The quantitative estimate of drug-likeness (QED) is 0.788. The molecule has 4 heteroatoms. The van der Waals surface area contributed by atoms with Crippen molar-refractivity contribution in [1.82, 2.24) is 10.2 Å². The number of hydrogen-bond acceptors (Lipinski definition) is 3.